The van der Waals surface area contributed by atoms with Crippen molar-refractivity contribution in [2.75, 3.05) is 5.32 Å². The molecule has 104 valence electrons. The summed E-state index contributed by atoms with van der Waals surface area (Å²) in [7, 11) is 0. The third kappa shape index (κ3) is 3.54. The molecule has 0 spiro atoms. The number of nitrogens with zero attached hydrogens (tertiary/aromatic N) is 2. The van der Waals surface area contributed by atoms with Gasteiger partial charge in [-0.05, 0) is 30.2 Å². The molecule has 0 unspecified atom stereocenters. The van der Waals surface area contributed by atoms with Crippen LogP contribution >= 0.6 is 15.9 Å². The Labute approximate surface area is 125 Å². The topological polar surface area (TPSA) is 68.1 Å². The van der Waals surface area contributed by atoms with Gasteiger partial charge in [-0.3, -0.25) is 10.1 Å². The van der Waals surface area contributed by atoms with Crippen molar-refractivity contribution < 1.29 is 4.92 Å². The Morgan fingerprint density at radius 3 is 2.50 bits per heavy atom. The Morgan fingerprint density at radius 2 is 2.00 bits per heavy atom. The maximum absolute atomic E-state index is 10.6. The number of anilines is 1. The Balaban J connectivity index is 2.13. The van der Waals surface area contributed by atoms with Crippen LogP contribution in [0.1, 0.15) is 24.9 Å². The molecular weight excluding hydrogens is 322 g/mol. The summed E-state index contributed by atoms with van der Waals surface area (Å²) in [6.07, 6.45) is 2.15. The SMILES string of the molecule is CC[C@H](Nc1ccc([N+](=O)[O-])cn1)c1ccc(Br)cc1. The first-order valence-corrected chi connectivity index (χ1v) is 7.02. The second-order valence-electron chi connectivity index (χ2n) is 4.32. The highest BCUT2D eigenvalue weighted by Crippen LogP contribution is 2.23. The molecule has 1 atom stereocenters. The first kappa shape index (κ1) is 14.5. The van der Waals surface area contributed by atoms with Gasteiger partial charge >= 0.3 is 0 Å². The lowest BCUT2D eigenvalue weighted by Gasteiger charge is -2.18. The third-order valence-corrected chi connectivity index (χ3v) is 3.49. The van der Waals surface area contributed by atoms with E-state index in [1.807, 2.05) is 24.3 Å². The number of pyridine rings is 1. The molecule has 0 aliphatic heterocycles. The molecule has 2 rings (SSSR count). The molecule has 5 nitrogen and oxygen atoms in total. The molecule has 0 amide bonds. The Kier molecular flexibility index (Phi) is 4.68. The minimum atomic E-state index is -0.456. The Morgan fingerprint density at radius 1 is 1.30 bits per heavy atom. The first-order chi connectivity index (χ1) is 9.60. The number of nitro groups is 1. The van der Waals surface area contributed by atoms with Crippen LogP contribution in [0.3, 0.4) is 0 Å². The number of rotatable bonds is 5. The zero-order chi connectivity index (χ0) is 14.5. The third-order valence-electron chi connectivity index (χ3n) is 2.96. The smallest absolute Gasteiger partial charge is 0.287 e. The molecule has 2 aromatic rings. The van der Waals surface area contributed by atoms with Gasteiger partial charge in [0.25, 0.3) is 5.69 Å². The van der Waals surface area contributed by atoms with E-state index in [2.05, 4.69) is 33.2 Å². The minimum absolute atomic E-state index is 0.00719. The van der Waals surface area contributed by atoms with Crippen molar-refractivity contribution in [3.05, 3.63) is 62.7 Å². The highest BCUT2D eigenvalue weighted by molar-refractivity contribution is 9.10. The van der Waals surface area contributed by atoms with Crippen molar-refractivity contribution in [3.8, 4) is 0 Å². The standard InChI is InChI=1S/C14H14BrN3O2/c1-2-13(10-3-5-11(15)6-4-10)17-14-8-7-12(9-16-14)18(19)20/h3-9,13H,2H2,1H3,(H,16,17)/t13-/m0/s1. The average molecular weight is 336 g/mol. The van der Waals surface area contributed by atoms with Crippen molar-refractivity contribution in [1.82, 2.24) is 4.98 Å². The van der Waals surface area contributed by atoms with E-state index in [9.17, 15) is 10.1 Å². The van der Waals surface area contributed by atoms with Crippen LogP contribution in [0.2, 0.25) is 0 Å². The Hall–Kier alpha value is -1.95. The molecule has 6 heteroatoms. The van der Waals surface area contributed by atoms with Crippen LogP contribution in [0.15, 0.2) is 47.1 Å². The molecule has 0 saturated heterocycles. The second-order valence-corrected chi connectivity index (χ2v) is 5.23. The van der Waals surface area contributed by atoms with Gasteiger partial charge in [0.2, 0.25) is 0 Å². The van der Waals surface area contributed by atoms with Gasteiger partial charge in [-0.1, -0.05) is 35.0 Å². The number of nitrogens with one attached hydrogen (secondary N) is 1. The molecular formula is C14H14BrN3O2. The van der Waals surface area contributed by atoms with Gasteiger partial charge in [0.1, 0.15) is 12.0 Å². The summed E-state index contributed by atoms with van der Waals surface area (Å²) in [6.45, 7) is 2.07. The number of halogens is 1. The quantitative estimate of drug-likeness (QED) is 0.652. The van der Waals surface area contributed by atoms with Gasteiger partial charge < -0.3 is 5.32 Å². The summed E-state index contributed by atoms with van der Waals surface area (Å²) in [5, 5.41) is 13.9. The maximum Gasteiger partial charge on any atom is 0.287 e. The van der Waals surface area contributed by atoms with E-state index in [1.54, 1.807) is 6.07 Å². The van der Waals surface area contributed by atoms with E-state index in [-0.39, 0.29) is 11.7 Å². The highest BCUT2D eigenvalue weighted by Gasteiger charge is 2.11. The van der Waals surface area contributed by atoms with Gasteiger partial charge in [-0.15, -0.1) is 0 Å². The summed E-state index contributed by atoms with van der Waals surface area (Å²) in [6, 6.07) is 11.2. The molecule has 1 aromatic heterocycles. The van der Waals surface area contributed by atoms with Crippen LogP contribution in [0.5, 0.6) is 0 Å². The van der Waals surface area contributed by atoms with Gasteiger partial charge in [-0.2, -0.15) is 0 Å². The lowest BCUT2D eigenvalue weighted by Crippen LogP contribution is -2.10. The zero-order valence-corrected chi connectivity index (χ0v) is 12.5. The van der Waals surface area contributed by atoms with E-state index in [4.69, 9.17) is 0 Å². The number of hydrogen-bond acceptors (Lipinski definition) is 4. The molecule has 0 radical (unpaired) electrons. The Bertz CT molecular complexity index is 584. The van der Waals surface area contributed by atoms with Crippen LogP contribution < -0.4 is 5.32 Å². The van der Waals surface area contributed by atoms with Crippen molar-refractivity contribution in [2.24, 2.45) is 0 Å². The molecule has 0 aliphatic carbocycles. The fraction of sp³-hybridized carbons (Fsp3) is 0.214. The lowest BCUT2D eigenvalue weighted by atomic mass is 10.0. The molecule has 0 fully saturated rings. The average Bonchev–Trinajstić information content (AvgIpc) is 2.46. The molecule has 20 heavy (non-hydrogen) atoms. The first-order valence-electron chi connectivity index (χ1n) is 6.22. The van der Waals surface area contributed by atoms with Crippen LogP contribution in [-0.2, 0) is 0 Å². The number of aromatic nitrogens is 1. The lowest BCUT2D eigenvalue weighted by molar-refractivity contribution is -0.385. The predicted octanol–water partition coefficient (Wildman–Crippen LogP) is 4.32. The molecule has 1 aromatic carbocycles. The van der Waals surface area contributed by atoms with Gasteiger partial charge in [-0.25, -0.2) is 4.98 Å². The summed E-state index contributed by atoms with van der Waals surface area (Å²) < 4.78 is 1.03. The van der Waals surface area contributed by atoms with Crippen molar-refractivity contribution in [2.45, 2.75) is 19.4 Å². The van der Waals surface area contributed by atoms with E-state index in [1.165, 1.54) is 12.3 Å². The van der Waals surface area contributed by atoms with Crippen LogP contribution in [0, 0.1) is 10.1 Å². The molecule has 0 saturated carbocycles. The van der Waals surface area contributed by atoms with E-state index in [0.29, 0.717) is 5.82 Å². The van der Waals surface area contributed by atoms with Crippen LogP contribution in [-0.4, -0.2) is 9.91 Å². The largest absolute Gasteiger partial charge is 0.363 e. The van der Waals surface area contributed by atoms with Crippen molar-refractivity contribution in [3.63, 3.8) is 0 Å². The maximum atomic E-state index is 10.6. The van der Waals surface area contributed by atoms with Gasteiger partial charge in [0.05, 0.1) is 11.0 Å². The fourth-order valence-electron chi connectivity index (χ4n) is 1.87. The molecule has 1 heterocycles. The van der Waals surface area contributed by atoms with Gasteiger partial charge in [0.15, 0.2) is 0 Å². The fourth-order valence-corrected chi connectivity index (χ4v) is 2.14. The van der Waals surface area contributed by atoms with Crippen molar-refractivity contribution in [1.29, 1.82) is 0 Å². The van der Waals surface area contributed by atoms with Crippen LogP contribution in [0.25, 0.3) is 0 Å². The second kappa shape index (κ2) is 6.47. The zero-order valence-electron chi connectivity index (χ0n) is 10.9. The summed E-state index contributed by atoms with van der Waals surface area (Å²) in [5.74, 6) is 0.630. The van der Waals surface area contributed by atoms with E-state index in [0.717, 1.165) is 16.5 Å². The predicted molar refractivity (Wildman–Crippen MR) is 81.7 cm³/mol. The summed E-state index contributed by atoms with van der Waals surface area (Å²) in [5.41, 5.74) is 1.14. The highest BCUT2D eigenvalue weighted by atomic mass is 79.9. The number of hydrogen-bond donors (Lipinski definition) is 1. The minimum Gasteiger partial charge on any atom is -0.363 e. The molecule has 0 bridgehead atoms. The summed E-state index contributed by atoms with van der Waals surface area (Å²) >= 11 is 3.41. The van der Waals surface area contributed by atoms with Crippen molar-refractivity contribution >= 4 is 27.4 Å². The summed E-state index contributed by atoms with van der Waals surface area (Å²) in [4.78, 5) is 14.2. The van der Waals surface area contributed by atoms with Crippen LogP contribution in [0.4, 0.5) is 11.5 Å². The van der Waals surface area contributed by atoms with E-state index >= 15 is 0 Å². The normalized spacial score (nSPS) is 11.9. The van der Waals surface area contributed by atoms with E-state index < -0.39 is 4.92 Å². The monoisotopic (exact) mass is 335 g/mol. The number of benzene rings is 1. The van der Waals surface area contributed by atoms with Gasteiger partial charge in [0, 0.05) is 10.5 Å². The molecule has 1 N–H and O–H groups in total. The molecule has 0 aliphatic rings.